The molecule has 0 atom stereocenters. The van der Waals surface area contributed by atoms with Crippen LogP contribution in [-0.4, -0.2) is 19.2 Å². The Kier molecular flexibility index (Phi) is 6.81. The van der Waals surface area contributed by atoms with Gasteiger partial charge in [-0.3, -0.25) is 0 Å². The molecule has 1 N–H and O–H groups in total. The smallest absolute Gasteiger partial charge is 0.407 e. The van der Waals surface area contributed by atoms with E-state index >= 15 is 0 Å². The lowest BCUT2D eigenvalue weighted by Gasteiger charge is -2.11. The van der Waals surface area contributed by atoms with Crippen LogP contribution < -0.4 is 10.1 Å². The molecule has 24 heavy (non-hydrogen) atoms. The van der Waals surface area contributed by atoms with E-state index in [2.05, 4.69) is 27.8 Å². The minimum Gasteiger partial charge on any atom is -0.487 e. The van der Waals surface area contributed by atoms with Gasteiger partial charge in [0.25, 0.3) is 0 Å². The van der Waals surface area contributed by atoms with Crippen molar-refractivity contribution in [2.75, 3.05) is 13.2 Å². The van der Waals surface area contributed by atoms with E-state index < -0.39 is 11.9 Å². The maximum Gasteiger partial charge on any atom is 0.407 e. The van der Waals surface area contributed by atoms with Crippen molar-refractivity contribution in [1.29, 1.82) is 0 Å². The van der Waals surface area contributed by atoms with E-state index in [1.54, 1.807) is 12.1 Å². The fourth-order valence-electron chi connectivity index (χ4n) is 1.92. The average molecular weight is 394 g/mol. The highest BCUT2D eigenvalue weighted by Gasteiger charge is 2.10. The molecule has 4 nitrogen and oxygen atoms in total. The first-order valence-corrected chi connectivity index (χ1v) is 8.08. The number of benzene rings is 2. The molecule has 2 rings (SSSR count). The van der Waals surface area contributed by atoms with Crippen molar-refractivity contribution in [3.63, 3.8) is 0 Å². The second kappa shape index (κ2) is 9.08. The van der Waals surface area contributed by atoms with E-state index in [4.69, 9.17) is 9.47 Å². The molecule has 0 aliphatic heterocycles. The molecular formula is C18H17BrFNO3. The normalized spacial score (nSPS) is 10.1. The number of carbonyl (C=O) groups is 1. The number of rotatable bonds is 7. The molecule has 0 fully saturated rings. The van der Waals surface area contributed by atoms with Gasteiger partial charge in [0.1, 0.15) is 13.2 Å². The molecule has 1 amide bonds. The van der Waals surface area contributed by atoms with Gasteiger partial charge in [0.05, 0.1) is 11.0 Å². The van der Waals surface area contributed by atoms with Crippen molar-refractivity contribution >= 4 is 28.1 Å². The summed E-state index contributed by atoms with van der Waals surface area (Å²) in [4.78, 5) is 11.6. The third-order valence-electron chi connectivity index (χ3n) is 3.09. The van der Waals surface area contributed by atoms with Crippen LogP contribution in [0.5, 0.6) is 5.75 Å². The van der Waals surface area contributed by atoms with Crippen LogP contribution in [0.1, 0.15) is 11.1 Å². The van der Waals surface area contributed by atoms with Crippen LogP contribution in [0.2, 0.25) is 0 Å². The first kappa shape index (κ1) is 18.0. The van der Waals surface area contributed by atoms with E-state index in [1.807, 2.05) is 30.3 Å². The number of amides is 1. The highest BCUT2D eigenvalue weighted by atomic mass is 79.9. The minimum atomic E-state index is -0.552. The van der Waals surface area contributed by atoms with Gasteiger partial charge in [-0.15, -0.1) is 0 Å². The lowest BCUT2D eigenvalue weighted by atomic mass is 10.2. The van der Waals surface area contributed by atoms with Crippen LogP contribution >= 0.6 is 15.9 Å². The van der Waals surface area contributed by atoms with Crippen molar-refractivity contribution in [3.8, 4) is 5.75 Å². The second-order valence-electron chi connectivity index (χ2n) is 4.85. The number of alkyl carbamates (subject to hydrolysis) is 1. The third kappa shape index (κ3) is 5.38. The average Bonchev–Trinajstić information content (AvgIpc) is 2.59. The maximum atomic E-state index is 13.9. The Morgan fingerprint density at radius 2 is 2.04 bits per heavy atom. The van der Waals surface area contributed by atoms with Crippen LogP contribution in [0.25, 0.3) is 6.08 Å². The quantitative estimate of drug-likeness (QED) is 0.702. The molecular weight excluding hydrogens is 377 g/mol. The topological polar surface area (TPSA) is 47.6 Å². The largest absolute Gasteiger partial charge is 0.487 e. The summed E-state index contributed by atoms with van der Waals surface area (Å²) < 4.78 is 24.8. The van der Waals surface area contributed by atoms with E-state index in [-0.39, 0.29) is 25.5 Å². The molecule has 0 aliphatic rings. The molecule has 0 spiro atoms. The summed E-state index contributed by atoms with van der Waals surface area (Å²) in [5.74, 6) is -0.397. The van der Waals surface area contributed by atoms with E-state index in [1.165, 1.54) is 6.07 Å². The Balaban J connectivity index is 1.73. The number of halogens is 2. The standard InChI is InChI=1S/C18H17BrFNO3/c1-2-13-10-15(19)17(16(20)11-13)23-9-8-21-18(22)24-12-14-6-4-3-5-7-14/h2-7,10-11H,1,8-9,12H2,(H,21,22). The van der Waals surface area contributed by atoms with Gasteiger partial charge in [-0.2, -0.15) is 0 Å². The summed E-state index contributed by atoms with van der Waals surface area (Å²) in [7, 11) is 0. The molecule has 126 valence electrons. The third-order valence-corrected chi connectivity index (χ3v) is 3.68. The van der Waals surface area contributed by atoms with Gasteiger partial charge in [-0.25, -0.2) is 9.18 Å². The Morgan fingerprint density at radius 3 is 2.71 bits per heavy atom. The zero-order chi connectivity index (χ0) is 17.4. The summed E-state index contributed by atoms with van der Waals surface area (Å²) >= 11 is 3.25. The monoisotopic (exact) mass is 393 g/mol. The second-order valence-corrected chi connectivity index (χ2v) is 5.71. The Morgan fingerprint density at radius 1 is 1.29 bits per heavy atom. The van der Waals surface area contributed by atoms with Crippen molar-refractivity contribution < 1.29 is 18.7 Å². The maximum absolute atomic E-state index is 13.9. The molecule has 0 unspecified atom stereocenters. The Labute approximate surface area is 148 Å². The summed E-state index contributed by atoms with van der Waals surface area (Å²) in [6, 6.07) is 12.4. The molecule has 0 aromatic heterocycles. The zero-order valence-electron chi connectivity index (χ0n) is 12.9. The van der Waals surface area contributed by atoms with Gasteiger partial charge < -0.3 is 14.8 Å². The van der Waals surface area contributed by atoms with E-state index in [9.17, 15) is 9.18 Å². The predicted octanol–water partition coefficient (Wildman–Crippen LogP) is 4.54. The Bertz CT molecular complexity index is 684. The fraction of sp³-hybridized carbons (Fsp3) is 0.167. The Hall–Kier alpha value is -2.34. The number of nitrogens with one attached hydrogen (secondary N) is 1. The van der Waals surface area contributed by atoms with Crippen LogP contribution in [0, 0.1) is 5.82 Å². The number of hydrogen-bond acceptors (Lipinski definition) is 3. The lowest BCUT2D eigenvalue weighted by molar-refractivity contribution is 0.137. The van der Waals surface area contributed by atoms with Gasteiger partial charge in [0.2, 0.25) is 0 Å². The first-order chi connectivity index (χ1) is 11.6. The molecule has 0 radical (unpaired) electrons. The van der Waals surface area contributed by atoms with Crippen LogP contribution in [0.3, 0.4) is 0 Å². The summed E-state index contributed by atoms with van der Waals surface area (Å²) in [5, 5.41) is 2.54. The fourth-order valence-corrected chi connectivity index (χ4v) is 2.48. The summed E-state index contributed by atoms with van der Waals surface area (Å²) in [6.45, 7) is 4.09. The van der Waals surface area contributed by atoms with Crippen LogP contribution in [-0.2, 0) is 11.3 Å². The highest BCUT2D eigenvalue weighted by Crippen LogP contribution is 2.29. The van der Waals surface area contributed by atoms with E-state index in [0.29, 0.717) is 10.0 Å². The molecule has 2 aromatic rings. The van der Waals surface area contributed by atoms with Gasteiger partial charge in [0.15, 0.2) is 11.6 Å². The predicted molar refractivity (Wildman–Crippen MR) is 94.3 cm³/mol. The zero-order valence-corrected chi connectivity index (χ0v) is 14.5. The van der Waals surface area contributed by atoms with Gasteiger partial charge >= 0.3 is 6.09 Å². The molecule has 2 aromatic carbocycles. The summed E-state index contributed by atoms with van der Waals surface area (Å²) in [5.41, 5.74) is 1.55. The molecule has 0 saturated heterocycles. The molecule has 0 aliphatic carbocycles. The van der Waals surface area contributed by atoms with Gasteiger partial charge in [0, 0.05) is 0 Å². The number of carbonyl (C=O) groups excluding carboxylic acids is 1. The molecule has 0 heterocycles. The van der Waals surface area contributed by atoms with Crippen LogP contribution in [0.4, 0.5) is 9.18 Å². The number of hydrogen-bond donors (Lipinski definition) is 1. The van der Waals surface area contributed by atoms with Crippen molar-refractivity contribution in [2.45, 2.75) is 6.61 Å². The molecule has 6 heteroatoms. The van der Waals surface area contributed by atoms with E-state index in [0.717, 1.165) is 5.56 Å². The highest BCUT2D eigenvalue weighted by molar-refractivity contribution is 9.10. The minimum absolute atomic E-state index is 0.0973. The van der Waals surface area contributed by atoms with Crippen molar-refractivity contribution in [3.05, 3.63) is 70.5 Å². The first-order valence-electron chi connectivity index (χ1n) is 7.29. The van der Waals surface area contributed by atoms with Crippen LogP contribution in [0.15, 0.2) is 53.5 Å². The van der Waals surface area contributed by atoms with Crippen molar-refractivity contribution in [1.82, 2.24) is 5.32 Å². The summed E-state index contributed by atoms with van der Waals surface area (Å²) in [6.07, 6.45) is 0.992. The van der Waals surface area contributed by atoms with Crippen molar-refractivity contribution in [2.24, 2.45) is 0 Å². The number of ether oxygens (including phenoxy) is 2. The van der Waals surface area contributed by atoms with Gasteiger partial charge in [-0.1, -0.05) is 43.0 Å². The SMILES string of the molecule is C=Cc1cc(F)c(OCCNC(=O)OCc2ccccc2)c(Br)c1. The lowest BCUT2D eigenvalue weighted by Crippen LogP contribution is -2.28. The molecule has 0 bridgehead atoms. The molecule has 0 saturated carbocycles. The van der Waals surface area contributed by atoms with Gasteiger partial charge in [-0.05, 0) is 39.2 Å².